The molecule has 2 nitrogen and oxygen atoms in total. The molecule has 2 rings (SSSR count). The van der Waals surface area contributed by atoms with Crippen molar-refractivity contribution in [1.82, 2.24) is 5.32 Å². The van der Waals surface area contributed by atoms with Gasteiger partial charge >= 0.3 is 0 Å². The molecule has 70 valence electrons. The van der Waals surface area contributed by atoms with E-state index in [4.69, 9.17) is 4.74 Å². The zero-order valence-electron chi connectivity index (χ0n) is 8.13. The van der Waals surface area contributed by atoms with Gasteiger partial charge in [-0.25, -0.2) is 0 Å². The van der Waals surface area contributed by atoms with Crippen molar-refractivity contribution in [2.45, 2.75) is 19.4 Å². The van der Waals surface area contributed by atoms with Gasteiger partial charge in [-0.1, -0.05) is 12.1 Å². The molecular formula is C11H15NO. The van der Waals surface area contributed by atoms with Crippen LogP contribution in [0, 0.1) is 6.92 Å². The van der Waals surface area contributed by atoms with Crippen molar-refractivity contribution in [3.63, 3.8) is 0 Å². The van der Waals surface area contributed by atoms with E-state index in [0.29, 0.717) is 6.04 Å². The van der Waals surface area contributed by atoms with E-state index in [9.17, 15) is 0 Å². The monoisotopic (exact) mass is 177 g/mol. The molecule has 1 aliphatic heterocycles. The van der Waals surface area contributed by atoms with Crippen LogP contribution >= 0.6 is 0 Å². The minimum absolute atomic E-state index is 0.550. The van der Waals surface area contributed by atoms with Crippen molar-refractivity contribution in [2.75, 3.05) is 13.7 Å². The lowest BCUT2D eigenvalue weighted by Gasteiger charge is -2.28. The first kappa shape index (κ1) is 8.57. The van der Waals surface area contributed by atoms with Crippen LogP contribution < -0.4 is 10.1 Å². The summed E-state index contributed by atoms with van der Waals surface area (Å²) in [7, 11) is 1.72. The normalized spacial score (nSPS) is 20.9. The fraction of sp³-hybridized carbons (Fsp3) is 0.455. The van der Waals surface area contributed by atoms with Gasteiger partial charge in [-0.3, -0.25) is 0 Å². The molecule has 1 saturated heterocycles. The number of aryl methyl sites for hydroxylation is 1. The molecule has 1 unspecified atom stereocenters. The highest BCUT2D eigenvalue weighted by Gasteiger charge is 2.18. The largest absolute Gasteiger partial charge is 0.496 e. The number of benzene rings is 1. The number of methoxy groups -OCH3 is 1. The molecule has 1 heterocycles. The maximum Gasteiger partial charge on any atom is 0.122 e. The van der Waals surface area contributed by atoms with Gasteiger partial charge in [-0.05, 0) is 37.1 Å². The van der Waals surface area contributed by atoms with Crippen LogP contribution in [0.1, 0.15) is 23.6 Å². The predicted octanol–water partition coefficient (Wildman–Crippen LogP) is 2.04. The van der Waals surface area contributed by atoms with Crippen LogP contribution in [0.4, 0.5) is 0 Å². The number of ether oxygens (including phenoxy) is 1. The number of rotatable bonds is 2. The first-order chi connectivity index (χ1) is 6.31. The summed E-state index contributed by atoms with van der Waals surface area (Å²) in [4.78, 5) is 0. The van der Waals surface area contributed by atoms with Gasteiger partial charge in [0.05, 0.1) is 7.11 Å². The van der Waals surface area contributed by atoms with Crippen LogP contribution in [-0.2, 0) is 0 Å². The lowest BCUT2D eigenvalue weighted by Crippen LogP contribution is -2.34. The molecule has 13 heavy (non-hydrogen) atoms. The Labute approximate surface area is 78.9 Å². The molecule has 0 aliphatic carbocycles. The van der Waals surface area contributed by atoms with Gasteiger partial charge in [0, 0.05) is 6.04 Å². The Morgan fingerprint density at radius 3 is 2.77 bits per heavy atom. The first-order valence-electron chi connectivity index (χ1n) is 4.69. The molecule has 0 saturated carbocycles. The first-order valence-corrected chi connectivity index (χ1v) is 4.69. The van der Waals surface area contributed by atoms with Gasteiger partial charge in [0.15, 0.2) is 0 Å². The summed E-state index contributed by atoms with van der Waals surface area (Å²) in [6, 6.07) is 6.98. The van der Waals surface area contributed by atoms with Gasteiger partial charge in [0.2, 0.25) is 0 Å². The van der Waals surface area contributed by atoms with Gasteiger partial charge in [-0.15, -0.1) is 0 Å². The van der Waals surface area contributed by atoms with Crippen molar-refractivity contribution in [3.8, 4) is 5.75 Å². The Hall–Kier alpha value is -1.02. The van der Waals surface area contributed by atoms with E-state index in [1.807, 2.05) is 0 Å². The van der Waals surface area contributed by atoms with Crippen LogP contribution in [0.5, 0.6) is 5.75 Å². The van der Waals surface area contributed by atoms with Gasteiger partial charge in [0.25, 0.3) is 0 Å². The fourth-order valence-corrected chi connectivity index (χ4v) is 1.63. The predicted molar refractivity (Wildman–Crippen MR) is 53.1 cm³/mol. The zero-order chi connectivity index (χ0) is 9.26. The molecular weight excluding hydrogens is 162 g/mol. The molecule has 1 aromatic rings. The average molecular weight is 177 g/mol. The standard InChI is InChI=1S/C11H15NO/c1-8-3-4-9(7-11(8)13-2)10-5-6-12-10/h3-4,7,10,12H,5-6H2,1-2H3. The summed E-state index contributed by atoms with van der Waals surface area (Å²) in [6.45, 7) is 3.21. The number of hydrogen-bond acceptors (Lipinski definition) is 2. The molecule has 0 radical (unpaired) electrons. The second kappa shape index (κ2) is 3.38. The van der Waals surface area contributed by atoms with Crippen molar-refractivity contribution in [1.29, 1.82) is 0 Å². The zero-order valence-corrected chi connectivity index (χ0v) is 8.13. The van der Waals surface area contributed by atoms with E-state index in [-0.39, 0.29) is 0 Å². The van der Waals surface area contributed by atoms with Crippen molar-refractivity contribution in [2.24, 2.45) is 0 Å². The summed E-state index contributed by atoms with van der Waals surface area (Å²) in [6.07, 6.45) is 1.24. The Kier molecular flexibility index (Phi) is 2.23. The molecule has 1 atom stereocenters. The SMILES string of the molecule is COc1cc(C2CCN2)ccc1C. The Bertz CT molecular complexity index is 305. The van der Waals surface area contributed by atoms with E-state index < -0.39 is 0 Å². The van der Waals surface area contributed by atoms with Crippen LogP contribution in [0.15, 0.2) is 18.2 Å². The summed E-state index contributed by atoms with van der Waals surface area (Å²) in [5, 5.41) is 3.38. The minimum Gasteiger partial charge on any atom is -0.496 e. The van der Waals surface area contributed by atoms with Gasteiger partial charge in [0.1, 0.15) is 5.75 Å². The Morgan fingerprint density at radius 2 is 2.23 bits per heavy atom. The minimum atomic E-state index is 0.550. The highest BCUT2D eigenvalue weighted by molar-refractivity contribution is 5.38. The lowest BCUT2D eigenvalue weighted by molar-refractivity contribution is 0.377. The van der Waals surface area contributed by atoms with E-state index in [1.165, 1.54) is 17.5 Å². The lowest BCUT2D eigenvalue weighted by atomic mass is 9.97. The second-order valence-corrected chi connectivity index (χ2v) is 3.52. The summed E-state index contributed by atoms with van der Waals surface area (Å²) in [5.41, 5.74) is 2.54. The average Bonchev–Trinajstić information content (AvgIpc) is 2.05. The summed E-state index contributed by atoms with van der Waals surface area (Å²) >= 11 is 0. The maximum atomic E-state index is 5.28. The fourth-order valence-electron chi connectivity index (χ4n) is 1.63. The van der Waals surface area contributed by atoms with Crippen molar-refractivity contribution < 1.29 is 4.74 Å². The number of nitrogens with one attached hydrogen (secondary N) is 1. The topological polar surface area (TPSA) is 21.3 Å². The maximum absolute atomic E-state index is 5.28. The summed E-state index contributed by atoms with van der Waals surface area (Å²) in [5.74, 6) is 0.992. The quantitative estimate of drug-likeness (QED) is 0.746. The third-order valence-corrected chi connectivity index (χ3v) is 2.66. The van der Waals surface area contributed by atoms with Crippen molar-refractivity contribution >= 4 is 0 Å². The summed E-state index contributed by atoms with van der Waals surface area (Å²) < 4.78 is 5.28. The van der Waals surface area contributed by atoms with Crippen molar-refractivity contribution in [3.05, 3.63) is 29.3 Å². The van der Waals surface area contributed by atoms with E-state index in [2.05, 4.69) is 30.4 Å². The van der Waals surface area contributed by atoms with Gasteiger partial charge < -0.3 is 10.1 Å². The van der Waals surface area contributed by atoms with Gasteiger partial charge in [-0.2, -0.15) is 0 Å². The highest BCUT2D eigenvalue weighted by Crippen LogP contribution is 2.27. The van der Waals surface area contributed by atoms with Crippen LogP contribution in [0.25, 0.3) is 0 Å². The molecule has 1 aromatic carbocycles. The van der Waals surface area contributed by atoms with E-state index >= 15 is 0 Å². The van der Waals surface area contributed by atoms with Crippen LogP contribution in [-0.4, -0.2) is 13.7 Å². The number of hydrogen-bond donors (Lipinski definition) is 1. The second-order valence-electron chi connectivity index (χ2n) is 3.52. The molecule has 0 spiro atoms. The molecule has 1 N–H and O–H groups in total. The van der Waals surface area contributed by atoms with Crippen LogP contribution in [0.2, 0.25) is 0 Å². The smallest absolute Gasteiger partial charge is 0.122 e. The molecule has 0 amide bonds. The Morgan fingerprint density at radius 1 is 1.46 bits per heavy atom. The Balaban J connectivity index is 2.26. The molecule has 1 fully saturated rings. The molecule has 2 heteroatoms. The van der Waals surface area contributed by atoms with E-state index in [0.717, 1.165) is 12.3 Å². The molecule has 0 bridgehead atoms. The van der Waals surface area contributed by atoms with Crippen LogP contribution in [0.3, 0.4) is 0 Å². The molecule has 1 aliphatic rings. The third-order valence-electron chi connectivity index (χ3n) is 2.66. The van der Waals surface area contributed by atoms with E-state index in [1.54, 1.807) is 7.11 Å². The molecule has 0 aromatic heterocycles. The highest BCUT2D eigenvalue weighted by atomic mass is 16.5. The third kappa shape index (κ3) is 1.54.